The molecule has 0 bridgehead atoms. The van der Waals surface area contributed by atoms with Crippen LogP contribution in [-0.2, 0) is 0 Å². The largest absolute Gasteiger partial charge is 0.478 e. The van der Waals surface area contributed by atoms with Gasteiger partial charge in [-0.1, -0.05) is 11.8 Å². The number of anilines is 1. The van der Waals surface area contributed by atoms with Crippen molar-refractivity contribution in [2.45, 2.75) is 31.0 Å². The van der Waals surface area contributed by atoms with Gasteiger partial charge in [0.15, 0.2) is 5.16 Å². The molecular formula is C12H20N4OS. The second-order valence-electron chi connectivity index (χ2n) is 4.31. The molecule has 1 aliphatic rings. The van der Waals surface area contributed by atoms with Crippen molar-refractivity contribution in [2.75, 3.05) is 30.9 Å². The molecule has 2 heterocycles. The summed E-state index contributed by atoms with van der Waals surface area (Å²) in [4.78, 5) is 11.1. The number of thioether (sulfide) groups is 1. The topological polar surface area (TPSA) is 64.3 Å². The van der Waals surface area contributed by atoms with Crippen molar-refractivity contribution in [2.24, 2.45) is 5.73 Å². The maximum absolute atomic E-state index is 5.92. The van der Waals surface area contributed by atoms with Crippen LogP contribution in [0.3, 0.4) is 0 Å². The predicted octanol–water partition coefficient (Wildman–Crippen LogP) is 1.52. The molecule has 0 spiro atoms. The highest BCUT2D eigenvalue weighted by molar-refractivity contribution is 7.98. The number of piperidine rings is 1. The third-order valence-corrected chi connectivity index (χ3v) is 3.55. The van der Waals surface area contributed by atoms with Crippen molar-refractivity contribution < 1.29 is 4.74 Å². The lowest BCUT2D eigenvalue weighted by molar-refractivity contribution is 0.323. The Morgan fingerprint density at radius 1 is 1.44 bits per heavy atom. The van der Waals surface area contributed by atoms with Gasteiger partial charge in [0.05, 0.1) is 6.61 Å². The first-order valence-electron chi connectivity index (χ1n) is 6.29. The summed E-state index contributed by atoms with van der Waals surface area (Å²) < 4.78 is 5.49. The zero-order valence-corrected chi connectivity index (χ0v) is 11.7. The average Bonchev–Trinajstić information content (AvgIpc) is 2.39. The van der Waals surface area contributed by atoms with Gasteiger partial charge in [0.1, 0.15) is 5.82 Å². The van der Waals surface area contributed by atoms with Gasteiger partial charge in [-0.05, 0) is 26.0 Å². The molecule has 0 radical (unpaired) electrons. The second kappa shape index (κ2) is 6.24. The van der Waals surface area contributed by atoms with E-state index in [1.165, 1.54) is 11.8 Å². The standard InChI is InChI=1S/C12H20N4OS/c1-3-17-11-8-10(14-12(15-11)18-2)16-6-4-9(13)5-7-16/h8-9H,3-7,13H2,1-2H3. The molecule has 5 nitrogen and oxygen atoms in total. The number of hydrogen-bond donors (Lipinski definition) is 1. The molecule has 18 heavy (non-hydrogen) atoms. The van der Waals surface area contributed by atoms with E-state index in [1.54, 1.807) is 0 Å². The van der Waals surface area contributed by atoms with Gasteiger partial charge in [0.2, 0.25) is 5.88 Å². The van der Waals surface area contributed by atoms with Gasteiger partial charge in [-0.15, -0.1) is 0 Å². The van der Waals surface area contributed by atoms with Crippen molar-refractivity contribution in [3.05, 3.63) is 6.07 Å². The molecule has 1 aliphatic heterocycles. The van der Waals surface area contributed by atoms with Gasteiger partial charge < -0.3 is 15.4 Å². The molecule has 2 N–H and O–H groups in total. The minimum absolute atomic E-state index is 0.328. The third kappa shape index (κ3) is 3.26. The molecule has 0 unspecified atom stereocenters. The van der Waals surface area contributed by atoms with E-state index in [4.69, 9.17) is 10.5 Å². The van der Waals surface area contributed by atoms with Crippen molar-refractivity contribution >= 4 is 17.6 Å². The summed E-state index contributed by atoms with van der Waals surface area (Å²) in [5, 5.41) is 0.755. The van der Waals surface area contributed by atoms with Crippen molar-refractivity contribution in [1.29, 1.82) is 0 Å². The SMILES string of the molecule is CCOc1cc(N2CCC(N)CC2)nc(SC)n1. The first kappa shape index (κ1) is 13.4. The summed E-state index contributed by atoms with van der Waals surface area (Å²) in [5.41, 5.74) is 5.92. The summed E-state index contributed by atoms with van der Waals surface area (Å²) in [6, 6.07) is 2.24. The summed E-state index contributed by atoms with van der Waals surface area (Å²) in [5.74, 6) is 1.60. The Morgan fingerprint density at radius 2 is 2.17 bits per heavy atom. The average molecular weight is 268 g/mol. The highest BCUT2D eigenvalue weighted by Gasteiger charge is 2.18. The van der Waals surface area contributed by atoms with E-state index in [-0.39, 0.29) is 0 Å². The highest BCUT2D eigenvalue weighted by atomic mass is 32.2. The quantitative estimate of drug-likeness (QED) is 0.660. The zero-order chi connectivity index (χ0) is 13.0. The smallest absolute Gasteiger partial charge is 0.219 e. The van der Waals surface area contributed by atoms with Gasteiger partial charge in [0.25, 0.3) is 0 Å². The van der Waals surface area contributed by atoms with Crippen molar-refractivity contribution in [3.8, 4) is 5.88 Å². The van der Waals surface area contributed by atoms with Gasteiger partial charge in [-0.3, -0.25) is 0 Å². The first-order chi connectivity index (χ1) is 8.72. The van der Waals surface area contributed by atoms with E-state index in [0.29, 0.717) is 18.5 Å². The number of nitrogens with zero attached hydrogens (tertiary/aromatic N) is 3. The van der Waals surface area contributed by atoms with Crippen LogP contribution in [0, 0.1) is 0 Å². The van der Waals surface area contributed by atoms with Gasteiger partial charge in [-0.2, -0.15) is 4.98 Å². The number of ether oxygens (including phenoxy) is 1. The van der Waals surface area contributed by atoms with Gasteiger partial charge in [0, 0.05) is 25.2 Å². The molecule has 100 valence electrons. The van der Waals surface area contributed by atoms with E-state index in [0.717, 1.165) is 36.9 Å². The Hall–Kier alpha value is -1.01. The Kier molecular flexibility index (Phi) is 4.66. The van der Waals surface area contributed by atoms with E-state index in [9.17, 15) is 0 Å². The number of aromatic nitrogens is 2. The van der Waals surface area contributed by atoms with Gasteiger partial charge >= 0.3 is 0 Å². The number of hydrogen-bond acceptors (Lipinski definition) is 6. The van der Waals surface area contributed by atoms with Crippen molar-refractivity contribution in [3.63, 3.8) is 0 Å². The van der Waals surface area contributed by atoms with Crippen LogP contribution in [0.15, 0.2) is 11.2 Å². The van der Waals surface area contributed by atoms with Gasteiger partial charge in [-0.25, -0.2) is 4.98 Å². The molecule has 1 aromatic rings. The molecule has 0 amide bonds. The lowest BCUT2D eigenvalue weighted by Gasteiger charge is -2.31. The Balaban J connectivity index is 2.17. The maximum Gasteiger partial charge on any atom is 0.219 e. The molecule has 1 saturated heterocycles. The van der Waals surface area contributed by atoms with E-state index in [2.05, 4.69) is 14.9 Å². The molecule has 1 fully saturated rings. The van der Waals surface area contributed by atoms with E-state index in [1.807, 2.05) is 19.2 Å². The maximum atomic E-state index is 5.92. The minimum atomic E-state index is 0.328. The lowest BCUT2D eigenvalue weighted by Crippen LogP contribution is -2.40. The molecule has 6 heteroatoms. The Labute approximate surface area is 112 Å². The van der Waals surface area contributed by atoms with Crippen LogP contribution in [0.5, 0.6) is 5.88 Å². The monoisotopic (exact) mass is 268 g/mol. The summed E-state index contributed by atoms with van der Waals surface area (Å²) in [6.45, 7) is 4.49. The third-order valence-electron chi connectivity index (χ3n) is 3.01. The summed E-state index contributed by atoms with van der Waals surface area (Å²) in [7, 11) is 0. The first-order valence-corrected chi connectivity index (χ1v) is 7.51. The molecular weight excluding hydrogens is 248 g/mol. The molecule has 2 rings (SSSR count). The number of nitrogens with two attached hydrogens (primary N) is 1. The van der Waals surface area contributed by atoms with Crippen LogP contribution in [0.25, 0.3) is 0 Å². The summed E-state index contributed by atoms with van der Waals surface area (Å²) >= 11 is 1.53. The molecule has 1 aromatic heterocycles. The van der Waals surface area contributed by atoms with Crippen molar-refractivity contribution in [1.82, 2.24) is 9.97 Å². The molecule has 0 atom stereocenters. The van der Waals surface area contributed by atoms with Crippen LogP contribution in [0.4, 0.5) is 5.82 Å². The Bertz CT molecular complexity index is 394. The zero-order valence-electron chi connectivity index (χ0n) is 10.9. The van der Waals surface area contributed by atoms with E-state index < -0.39 is 0 Å². The summed E-state index contributed by atoms with van der Waals surface area (Å²) in [6.07, 6.45) is 4.01. The molecule has 0 saturated carbocycles. The fourth-order valence-corrected chi connectivity index (χ4v) is 2.36. The van der Waals surface area contributed by atoms with Crippen LogP contribution in [0.2, 0.25) is 0 Å². The van der Waals surface area contributed by atoms with Crippen LogP contribution < -0.4 is 15.4 Å². The fourth-order valence-electron chi connectivity index (χ4n) is 2.00. The normalized spacial score (nSPS) is 16.9. The lowest BCUT2D eigenvalue weighted by atomic mass is 10.1. The highest BCUT2D eigenvalue weighted by Crippen LogP contribution is 2.24. The molecule has 0 aromatic carbocycles. The Morgan fingerprint density at radius 3 is 2.78 bits per heavy atom. The molecule has 0 aliphatic carbocycles. The van der Waals surface area contributed by atoms with Crippen LogP contribution >= 0.6 is 11.8 Å². The van der Waals surface area contributed by atoms with Crippen LogP contribution in [-0.4, -0.2) is 42.0 Å². The number of rotatable bonds is 4. The fraction of sp³-hybridized carbons (Fsp3) is 0.667. The van der Waals surface area contributed by atoms with Crippen LogP contribution in [0.1, 0.15) is 19.8 Å². The second-order valence-corrected chi connectivity index (χ2v) is 5.08. The minimum Gasteiger partial charge on any atom is -0.478 e. The van der Waals surface area contributed by atoms with E-state index >= 15 is 0 Å². The predicted molar refractivity (Wildman–Crippen MR) is 74.4 cm³/mol.